The Morgan fingerprint density at radius 2 is 2.10 bits per heavy atom. The van der Waals surface area contributed by atoms with E-state index in [0.29, 0.717) is 28.7 Å². The molecule has 1 aromatic carbocycles. The van der Waals surface area contributed by atoms with Crippen molar-refractivity contribution < 1.29 is 12.9 Å². The average molecular weight is 331 g/mol. The zero-order valence-corrected chi connectivity index (χ0v) is 13.1. The van der Waals surface area contributed by atoms with E-state index in [0.717, 1.165) is 0 Å². The van der Waals surface area contributed by atoms with Crippen LogP contribution in [0.15, 0.2) is 21.6 Å². The van der Waals surface area contributed by atoms with Crippen LogP contribution in [-0.4, -0.2) is 25.1 Å². The highest BCUT2D eigenvalue weighted by Crippen LogP contribution is 2.25. The van der Waals surface area contributed by atoms with E-state index in [1.54, 1.807) is 13.8 Å². The fourth-order valence-electron chi connectivity index (χ4n) is 1.78. The van der Waals surface area contributed by atoms with Crippen molar-refractivity contribution in [1.82, 2.24) is 14.9 Å². The molecule has 0 aliphatic heterocycles. The third-order valence-electron chi connectivity index (χ3n) is 2.79. The van der Waals surface area contributed by atoms with Crippen molar-refractivity contribution in [2.75, 3.05) is 12.3 Å². The molecule has 0 radical (unpaired) electrons. The van der Waals surface area contributed by atoms with Gasteiger partial charge in [0.05, 0.1) is 15.6 Å². The number of hydrogen-bond donors (Lipinski definition) is 2. The Morgan fingerprint density at radius 1 is 1.38 bits per heavy atom. The number of anilines is 1. The summed E-state index contributed by atoms with van der Waals surface area (Å²) in [6, 6.07) is 2.87. The highest BCUT2D eigenvalue weighted by molar-refractivity contribution is 7.89. The molecule has 0 saturated carbocycles. The van der Waals surface area contributed by atoms with Crippen LogP contribution >= 0.6 is 11.6 Å². The van der Waals surface area contributed by atoms with Gasteiger partial charge in [-0.15, -0.1) is 0 Å². The first kappa shape index (κ1) is 15.7. The van der Waals surface area contributed by atoms with Gasteiger partial charge in [0.15, 0.2) is 5.82 Å². The van der Waals surface area contributed by atoms with Gasteiger partial charge in [-0.3, -0.25) is 0 Å². The monoisotopic (exact) mass is 330 g/mol. The van der Waals surface area contributed by atoms with Crippen LogP contribution in [0, 0.1) is 13.8 Å². The van der Waals surface area contributed by atoms with Crippen molar-refractivity contribution in [2.45, 2.75) is 25.2 Å². The van der Waals surface area contributed by atoms with Crippen molar-refractivity contribution in [3.8, 4) is 0 Å². The summed E-state index contributed by atoms with van der Waals surface area (Å²) in [6.07, 6.45) is 0.332. The summed E-state index contributed by atoms with van der Waals surface area (Å²) >= 11 is 5.86. The minimum atomic E-state index is -3.67. The molecular formula is C12H15ClN4O3S. The lowest BCUT2D eigenvalue weighted by molar-refractivity contribution is 0.387. The van der Waals surface area contributed by atoms with Gasteiger partial charge >= 0.3 is 0 Å². The molecule has 9 heteroatoms. The molecule has 0 amide bonds. The number of aryl methyl sites for hydroxylation is 2. The number of nitrogens with two attached hydrogens (primary N) is 1. The Morgan fingerprint density at radius 3 is 2.71 bits per heavy atom. The minimum absolute atomic E-state index is 0.105. The number of nitrogens with one attached hydrogen (secondary N) is 1. The first-order chi connectivity index (χ1) is 9.79. The molecule has 0 aliphatic carbocycles. The molecule has 0 saturated heterocycles. The average Bonchev–Trinajstić information content (AvgIpc) is 2.79. The smallest absolute Gasteiger partial charge is 0.240 e. The minimum Gasteiger partial charge on any atom is -0.397 e. The van der Waals surface area contributed by atoms with Crippen molar-refractivity contribution in [1.29, 1.82) is 0 Å². The van der Waals surface area contributed by atoms with Crippen LogP contribution in [0.1, 0.15) is 17.3 Å². The highest BCUT2D eigenvalue weighted by atomic mass is 35.5. The topological polar surface area (TPSA) is 111 Å². The Bertz CT molecular complexity index is 758. The molecule has 1 heterocycles. The Balaban J connectivity index is 2.10. The van der Waals surface area contributed by atoms with E-state index in [-0.39, 0.29) is 17.1 Å². The van der Waals surface area contributed by atoms with Crippen molar-refractivity contribution in [2.24, 2.45) is 0 Å². The van der Waals surface area contributed by atoms with E-state index in [1.807, 2.05) is 0 Å². The standard InChI is InChI=1S/C12H15ClN4O3S/c1-7-5-9(13)10(14)6-11(7)21(18,19)15-4-3-12-16-8(2)20-17-12/h5-6,15H,3-4,14H2,1-2H3. The molecular weight excluding hydrogens is 316 g/mol. The second-order valence-electron chi connectivity index (χ2n) is 4.52. The largest absolute Gasteiger partial charge is 0.397 e. The van der Waals surface area contributed by atoms with E-state index in [9.17, 15) is 8.42 Å². The van der Waals surface area contributed by atoms with Crippen LogP contribution < -0.4 is 10.5 Å². The third-order valence-corrected chi connectivity index (χ3v) is 4.72. The van der Waals surface area contributed by atoms with Gasteiger partial charge < -0.3 is 10.3 Å². The van der Waals surface area contributed by atoms with Crippen LogP contribution in [0.25, 0.3) is 0 Å². The number of halogens is 1. The summed E-state index contributed by atoms with van der Waals surface area (Å²) in [5.41, 5.74) is 6.40. The van der Waals surface area contributed by atoms with E-state index in [1.165, 1.54) is 12.1 Å². The van der Waals surface area contributed by atoms with Gasteiger partial charge in [-0.1, -0.05) is 16.8 Å². The van der Waals surface area contributed by atoms with Crippen molar-refractivity contribution >= 4 is 27.3 Å². The van der Waals surface area contributed by atoms with E-state index < -0.39 is 10.0 Å². The second-order valence-corrected chi connectivity index (χ2v) is 6.66. The SMILES string of the molecule is Cc1nc(CCNS(=O)(=O)c2cc(N)c(Cl)cc2C)no1. The Labute approximate surface area is 127 Å². The van der Waals surface area contributed by atoms with Crippen LogP contribution in [0.4, 0.5) is 5.69 Å². The van der Waals surface area contributed by atoms with E-state index in [4.69, 9.17) is 21.9 Å². The highest BCUT2D eigenvalue weighted by Gasteiger charge is 2.18. The number of hydrogen-bond acceptors (Lipinski definition) is 6. The number of sulfonamides is 1. The predicted octanol–water partition coefficient (Wildman–Crippen LogP) is 1.44. The Hall–Kier alpha value is -1.64. The lowest BCUT2D eigenvalue weighted by Gasteiger charge is -2.10. The third kappa shape index (κ3) is 3.72. The molecule has 21 heavy (non-hydrogen) atoms. The molecule has 0 fully saturated rings. The fraction of sp³-hybridized carbons (Fsp3) is 0.333. The maximum Gasteiger partial charge on any atom is 0.240 e. The molecule has 0 unspecified atom stereocenters. The van der Waals surface area contributed by atoms with Crippen LogP contribution in [0.2, 0.25) is 5.02 Å². The van der Waals surface area contributed by atoms with E-state index in [2.05, 4.69) is 14.9 Å². The van der Waals surface area contributed by atoms with Gasteiger partial charge in [0.2, 0.25) is 15.9 Å². The van der Waals surface area contributed by atoms with Crippen molar-refractivity contribution in [3.63, 3.8) is 0 Å². The maximum atomic E-state index is 12.2. The van der Waals surface area contributed by atoms with E-state index >= 15 is 0 Å². The van der Waals surface area contributed by atoms with Gasteiger partial charge in [0, 0.05) is 19.9 Å². The van der Waals surface area contributed by atoms with Crippen LogP contribution in [0.5, 0.6) is 0 Å². The van der Waals surface area contributed by atoms with Crippen LogP contribution in [0.3, 0.4) is 0 Å². The number of benzene rings is 1. The lowest BCUT2D eigenvalue weighted by Crippen LogP contribution is -2.27. The quantitative estimate of drug-likeness (QED) is 0.802. The molecule has 2 rings (SSSR count). The normalized spacial score (nSPS) is 11.8. The predicted molar refractivity (Wildman–Crippen MR) is 78.5 cm³/mol. The summed E-state index contributed by atoms with van der Waals surface area (Å²) in [5.74, 6) is 0.886. The summed E-state index contributed by atoms with van der Waals surface area (Å²) in [5, 5.41) is 4.02. The summed E-state index contributed by atoms with van der Waals surface area (Å²) in [7, 11) is -3.67. The van der Waals surface area contributed by atoms with Gasteiger partial charge in [-0.05, 0) is 24.6 Å². The first-order valence-electron chi connectivity index (χ1n) is 6.14. The Kier molecular flexibility index (Phi) is 4.50. The van der Waals surface area contributed by atoms with Gasteiger partial charge in [0.1, 0.15) is 0 Å². The second kappa shape index (κ2) is 6.00. The fourth-order valence-corrected chi connectivity index (χ4v) is 3.29. The number of aromatic nitrogens is 2. The zero-order chi connectivity index (χ0) is 15.6. The maximum absolute atomic E-state index is 12.2. The number of nitrogens with zero attached hydrogens (tertiary/aromatic N) is 2. The van der Waals surface area contributed by atoms with Crippen molar-refractivity contribution in [3.05, 3.63) is 34.4 Å². The molecule has 0 spiro atoms. The van der Waals surface area contributed by atoms with Gasteiger partial charge in [0.25, 0.3) is 0 Å². The summed E-state index contributed by atoms with van der Waals surface area (Å²) in [4.78, 5) is 4.10. The molecule has 0 aliphatic rings. The van der Waals surface area contributed by atoms with Gasteiger partial charge in [-0.2, -0.15) is 4.98 Å². The van der Waals surface area contributed by atoms with Crippen LogP contribution in [-0.2, 0) is 16.4 Å². The zero-order valence-electron chi connectivity index (χ0n) is 11.6. The molecule has 114 valence electrons. The van der Waals surface area contributed by atoms with Gasteiger partial charge in [-0.25, -0.2) is 13.1 Å². The molecule has 2 aromatic rings. The first-order valence-corrected chi connectivity index (χ1v) is 8.00. The lowest BCUT2D eigenvalue weighted by atomic mass is 10.2. The molecule has 0 atom stereocenters. The summed E-state index contributed by atoms with van der Waals surface area (Å²) in [6.45, 7) is 3.48. The number of rotatable bonds is 5. The molecule has 3 N–H and O–H groups in total. The molecule has 1 aromatic heterocycles. The molecule has 0 bridgehead atoms. The molecule has 7 nitrogen and oxygen atoms in total. The number of nitrogen functional groups attached to an aromatic ring is 1. The summed E-state index contributed by atoms with van der Waals surface area (Å²) < 4.78 is 31.8.